The van der Waals surface area contributed by atoms with E-state index in [4.69, 9.17) is 28.4 Å². The van der Waals surface area contributed by atoms with Crippen LogP contribution in [-0.2, 0) is 49.3 Å². The number of aliphatic hydroxyl groups is 2. The van der Waals surface area contributed by atoms with Crippen LogP contribution in [0.15, 0.2) is 18.2 Å². The number of carbonyl (C=O) groups is 6. The largest absolute Gasteiger partial charge is 0.507 e. The number of likely N-dealkylation sites (tertiary alicyclic amines) is 1. The number of benzene rings is 2. The van der Waals surface area contributed by atoms with Crippen LogP contribution >= 0.6 is 11.8 Å². The van der Waals surface area contributed by atoms with E-state index in [2.05, 4.69) is 0 Å². The number of Topliss-reactive ketones (excluding diaryl/α,β-unsaturated/α-hetero) is 2. The zero-order chi connectivity index (χ0) is 45.5. The predicted molar refractivity (Wildman–Crippen MR) is 221 cm³/mol. The molecule has 9 rings (SSSR count). The van der Waals surface area contributed by atoms with Gasteiger partial charge in [-0.25, -0.2) is 0 Å². The highest BCUT2D eigenvalue weighted by Crippen LogP contribution is 2.53. The van der Waals surface area contributed by atoms with E-state index in [1.54, 1.807) is 13.8 Å². The summed E-state index contributed by atoms with van der Waals surface area (Å²) >= 11 is 1.31. The lowest BCUT2D eigenvalue weighted by Crippen LogP contribution is -2.59. The molecule has 2 amide bonds. The second kappa shape index (κ2) is 17.2. The molecular weight excluding hydrogens is 857 g/mol. The number of imide groups is 1. The van der Waals surface area contributed by atoms with Crippen LogP contribution in [0.1, 0.15) is 108 Å². The van der Waals surface area contributed by atoms with Crippen molar-refractivity contribution in [2.24, 2.45) is 11.8 Å². The molecule has 7 aliphatic rings. The molecule has 344 valence electrons. The van der Waals surface area contributed by atoms with Crippen LogP contribution in [0.2, 0.25) is 0 Å². The van der Waals surface area contributed by atoms with Crippen molar-refractivity contribution in [3.63, 3.8) is 0 Å². The van der Waals surface area contributed by atoms with Gasteiger partial charge in [0.05, 0.1) is 53.2 Å². The molecule has 18 nitrogen and oxygen atoms in total. The quantitative estimate of drug-likeness (QED) is 0.159. The van der Waals surface area contributed by atoms with Crippen molar-refractivity contribution in [1.82, 2.24) is 9.80 Å². The van der Waals surface area contributed by atoms with Crippen molar-refractivity contribution in [3.8, 4) is 17.2 Å². The van der Waals surface area contributed by atoms with Crippen molar-refractivity contribution in [2.45, 2.75) is 125 Å². The fraction of sp³-hybridized carbons (Fsp3) is 0.600. The first kappa shape index (κ1) is 44.9. The van der Waals surface area contributed by atoms with Crippen LogP contribution in [0.4, 0.5) is 0 Å². The highest BCUT2D eigenvalue weighted by atomic mass is 32.2. The molecule has 2 aromatic carbocycles. The van der Waals surface area contributed by atoms with Gasteiger partial charge in [0.2, 0.25) is 17.6 Å². The third kappa shape index (κ3) is 7.36. The van der Waals surface area contributed by atoms with Gasteiger partial charge < -0.3 is 48.8 Å². The number of amides is 2. The SMILES string of the molecule is COc1cccc2c1C(=O)c1c(O)c3c(c(O)c1C2=O)C[C@@](O)(C(=O)CO)C[C@@H]3O[C@H]1C[C@H]2[C@H](O[C@@H]3[C@@H](OC)OCC(SC4CC(=O)N(CC5CCC(C(C)=O)CC5)C4=O)N32)[C@H](C)O1. The van der Waals surface area contributed by atoms with Gasteiger partial charge in [-0.1, -0.05) is 12.1 Å². The molecule has 4 aliphatic heterocycles. The third-order valence-electron chi connectivity index (χ3n) is 14.3. The standard InChI is InChI=1S/C45H52N2O16S/c1-19(49)22-10-8-21(9-11-22)16-46-30(51)13-28(42(46)56)64-31-18-60-44(59-4)43-47(31)25-12-32(61-20(2)41(25)63-43)62-27-15-45(57,29(50)17-48)14-24-34(27)40(55)36-35(38(24)53)37(52)23-6-5-7-26(58-3)33(23)39(36)54/h5-7,20-22,25,27-28,31-32,41,43-44,48,53,55,57H,8-18H2,1-4H3/t20-,21?,22?,25-,27-,28?,31?,32-,41+,43+,44-,45-/m0/s1. The Morgan fingerprint density at radius 3 is 2.41 bits per heavy atom. The minimum atomic E-state index is -2.33. The monoisotopic (exact) mass is 908 g/mol. The molecule has 0 bridgehead atoms. The molecule has 0 aromatic heterocycles. The topological polar surface area (TPSA) is 245 Å². The maximum Gasteiger partial charge on any atom is 0.242 e. The number of methoxy groups -OCH3 is 2. The number of morpholine rings is 1. The summed E-state index contributed by atoms with van der Waals surface area (Å²) in [6.45, 7) is 2.74. The van der Waals surface area contributed by atoms with E-state index in [1.165, 1.54) is 49.1 Å². The third-order valence-corrected chi connectivity index (χ3v) is 15.6. The molecule has 64 heavy (non-hydrogen) atoms. The summed E-state index contributed by atoms with van der Waals surface area (Å²) in [6.07, 6.45) is -3.37. The predicted octanol–water partition coefficient (Wildman–Crippen LogP) is 2.29. The first-order valence-electron chi connectivity index (χ1n) is 21.7. The summed E-state index contributed by atoms with van der Waals surface area (Å²) < 4.78 is 36.7. The normalized spacial score (nSPS) is 34.8. The molecule has 10 atom stereocenters. The van der Waals surface area contributed by atoms with Gasteiger partial charge in [0.1, 0.15) is 41.3 Å². The number of hydrogen-bond donors (Lipinski definition) is 4. The summed E-state index contributed by atoms with van der Waals surface area (Å²) in [6, 6.07) is 3.91. The number of hydrogen-bond acceptors (Lipinski definition) is 18. The lowest BCUT2D eigenvalue weighted by molar-refractivity contribution is -0.257. The van der Waals surface area contributed by atoms with Gasteiger partial charge in [-0.3, -0.25) is 38.6 Å². The molecule has 5 fully saturated rings. The Bertz CT molecular complexity index is 2300. The van der Waals surface area contributed by atoms with Crippen molar-refractivity contribution in [2.75, 3.05) is 34.0 Å². The van der Waals surface area contributed by atoms with Crippen LogP contribution in [0.5, 0.6) is 17.2 Å². The number of rotatable bonds is 11. The second-order valence-corrected chi connectivity index (χ2v) is 19.3. The molecule has 19 heteroatoms. The molecule has 0 radical (unpaired) electrons. The highest BCUT2D eigenvalue weighted by Gasteiger charge is 2.58. The number of aromatic hydroxyl groups is 2. The number of ether oxygens (including phenoxy) is 6. The Kier molecular flexibility index (Phi) is 12.0. The summed E-state index contributed by atoms with van der Waals surface area (Å²) in [7, 11) is 2.81. The van der Waals surface area contributed by atoms with Crippen molar-refractivity contribution in [1.29, 1.82) is 0 Å². The average Bonchev–Trinajstić information content (AvgIpc) is 3.79. The number of carbonyl (C=O) groups excluding carboxylic acids is 6. The van der Waals surface area contributed by atoms with Crippen LogP contribution in [-0.4, -0.2) is 152 Å². The second-order valence-electron chi connectivity index (χ2n) is 17.9. The van der Waals surface area contributed by atoms with Crippen molar-refractivity contribution >= 4 is 46.7 Å². The summed E-state index contributed by atoms with van der Waals surface area (Å²) in [5.74, 6) is -4.14. The molecule has 2 aromatic rings. The maximum atomic E-state index is 14.2. The van der Waals surface area contributed by atoms with E-state index >= 15 is 0 Å². The molecule has 2 unspecified atom stereocenters. The maximum absolute atomic E-state index is 14.2. The van der Waals surface area contributed by atoms with E-state index in [0.29, 0.717) is 6.54 Å². The molecule has 1 saturated carbocycles. The first-order valence-corrected chi connectivity index (χ1v) is 22.6. The minimum Gasteiger partial charge on any atom is -0.507 e. The zero-order valence-electron chi connectivity index (χ0n) is 35.9. The van der Waals surface area contributed by atoms with E-state index in [1.807, 2.05) is 4.90 Å². The molecule has 0 spiro atoms. The molecule has 4 saturated heterocycles. The van der Waals surface area contributed by atoms with E-state index in [0.717, 1.165) is 25.7 Å². The fourth-order valence-corrected chi connectivity index (χ4v) is 12.4. The minimum absolute atomic E-state index is 0.0122. The Morgan fingerprint density at radius 2 is 1.72 bits per heavy atom. The van der Waals surface area contributed by atoms with Crippen LogP contribution in [0.25, 0.3) is 0 Å². The van der Waals surface area contributed by atoms with E-state index < -0.39 is 119 Å². The lowest BCUT2D eigenvalue weighted by Gasteiger charge is -2.45. The van der Waals surface area contributed by atoms with Crippen molar-refractivity contribution in [3.05, 3.63) is 51.6 Å². The number of thioether (sulfide) groups is 1. The Morgan fingerprint density at radius 1 is 0.984 bits per heavy atom. The molecule has 4 N–H and O–H groups in total. The van der Waals surface area contributed by atoms with Crippen LogP contribution < -0.4 is 4.74 Å². The first-order chi connectivity index (χ1) is 30.6. The van der Waals surface area contributed by atoms with Gasteiger partial charge in [0, 0.05) is 68.0 Å². The van der Waals surface area contributed by atoms with E-state index in [-0.39, 0.29) is 76.9 Å². The average molecular weight is 909 g/mol. The van der Waals surface area contributed by atoms with Crippen LogP contribution in [0, 0.1) is 11.8 Å². The Balaban J connectivity index is 0.992. The van der Waals surface area contributed by atoms with Crippen molar-refractivity contribution < 1.29 is 77.6 Å². The van der Waals surface area contributed by atoms with Gasteiger partial charge in [0.15, 0.2) is 30.4 Å². The Hall–Kier alpha value is -4.31. The van der Waals surface area contributed by atoms with Crippen LogP contribution in [0.3, 0.4) is 0 Å². The smallest absolute Gasteiger partial charge is 0.242 e. The number of ketones is 4. The molecular formula is C45H52N2O16S. The summed E-state index contributed by atoms with van der Waals surface area (Å²) in [4.78, 5) is 83.8. The highest BCUT2D eigenvalue weighted by molar-refractivity contribution is 8.01. The zero-order valence-corrected chi connectivity index (χ0v) is 36.7. The number of phenols is 2. The number of nitrogens with zero attached hydrogens (tertiary/aromatic N) is 2. The van der Waals surface area contributed by atoms with Gasteiger partial charge in [-0.05, 0) is 51.5 Å². The van der Waals surface area contributed by atoms with Gasteiger partial charge in [-0.15, -0.1) is 11.8 Å². The lowest BCUT2D eigenvalue weighted by atomic mass is 9.72. The molecule has 3 aliphatic carbocycles. The number of fused-ring (bicyclic) bond motifs is 6. The number of aliphatic hydroxyl groups excluding tert-OH is 1. The van der Waals surface area contributed by atoms with Gasteiger partial charge in [-0.2, -0.15) is 0 Å². The molecule has 4 heterocycles. The fourth-order valence-electron chi connectivity index (χ4n) is 11.0. The summed E-state index contributed by atoms with van der Waals surface area (Å²) in [5, 5.41) is 44.4. The Labute approximate surface area is 372 Å². The van der Waals surface area contributed by atoms with Gasteiger partial charge in [0.25, 0.3) is 0 Å². The van der Waals surface area contributed by atoms with Gasteiger partial charge >= 0.3 is 0 Å². The number of phenolic OH excluding ortho intramolecular Hbond substituents is 2. The summed E-state index contributed by atoms with van der Waals surface area (Å²) in [5.41, 5.74) is -3.86. The van der Waals surface area contributed by atoms with E-state index in [9.17, 15) is 49.2 Å².